The van der Waals surface area contributed by atoms with Gasteiger partial charge in [-0.2, -0.15) is 0 Å². The first kappa shape index (κ1) is 20.5. The smallest absolute Gasteiger partial charge is 0.324 e. The number of likely N-dealkylation sites (tertiary alicyclic amines) is 1. The second kappa shape index (κ2) is 8.56. The summed E-state index contributed by atoms with van der Waals surface area (Å²) >= 11 is 6.15. The van der Waals surface area contributed by atoms with E-state index >= 15 is 0 Å². The average molecular weight is 428 g/mol. The number of benzene rings is 2. The number of amides is 3. The molecule has 0 unspecified atom stereocenters. The third-order valence-corrected chi connectivity index (χ3v) is 5.98. The first-order chi connectivity index (χ1) is 14.4. The van der Waals surface area contributed by atoms with Gasteiger partial charge in [-0.15, -0.1) is 0 Å². The van der Waals surface area contributed by atoms with Crippen LogP contribution in [-0.2, 0) is 4.79 Å². The molecule has 6 nitrogen and oxygen atoms in total. The zero-order chi connectivity index (χ0) is 21.3. The van der Waals surface area contributed by atoms with Crippen molar-refractivity contribution >= 4 is 34.9 Å². The fourth-order valence-electron chi connectivity index (χ4n) is 4.04. The summed E-state index contributed by atoms with van der Waals surface area (Å²) in [6.07, 6.45) is 1.19. The van der Waals surface area contributed by atoms with Gasteiger partial charge in [-0.25, -0.2) is 4.79 Å². The van der Waals surface area contributed by atoms with Crippen LogP contribution in [-0.4, -0.2) is 42.6 Å². The quantitative estimate of drug-likeness (QED) is 0.755. The Labute approximate surface area is 181 Å². The highest BCUT2D eigenvalue weighted by Gasteiger charge is 2.34. The topological polar surface area (TPSA) is 61.9 Å². The van der Waals surface area contributed by atoms with Crippen molar-refractivity contribution in [2.24, 2.45) is 5.92 Å². The molecule has 2 aromatic carbocycles. The molecule has 4 rings (SSSR count). The Hall–Kier alpha value is -2.73. The molecular weight excluding hydrogens is 402 g/mol. The summed E-state index contributed by atoms with van der Waals surface area (Å²) in [6.45, 7) is 5.49. The van der Waals surface area contributed by atoms with Crippen molar-refractivity contribution in [3.63, 3.8) is 0 Å². The number of anilines is 2. The lowest BCUT2D eigenvalue weighted by Crippen LogP contribution is -2.51. The van der Waals surface area contributed by atoms with E-state index in [9.17, 15) is 9.59 Å². The lowest BCUT2D eigenvalue weighted by Gasteiger charge is -2.39. The first-order valence-corrected chi connectivity index (χ1v) is 10.7. The van der Waals surface area contributed by atoms with Crippen LogP contribution in [0.25, 0.3) is 0 Å². The van der Waals surface area contributed by atoms with E-state index in [1.807, 2.05) is 43.0 Å². The molecule has 7 heteroatoms. The maximum Gasteiger partial charge on any atom is 0.324 e. The van der Waals surface area contributed by atoms with E-state index in [0.29, 0.717) is 48.9 Å². The third kappa shape index (κ3) is 4.24. The fraction of sp³-hybridized carbons (Fsp3) is 0.391. The molecule has 1 saturated heterocycles. The van der Waals surface area contributed by atoms with Crippen LogP contribution in [0.2, 0.25) is 5.02 Å². The highest BCUT2D eigenvalue weighted by molar-refractivity contribution is 6.31. The van der Waals surface area contributed by atoms with Gasteiger partial charge in [0.15, 0.2) is 0 Å². The predicted octanol–water partition coefficient (Wildman–Crippen LogP) is 4.71. The second-order valence-corrected chi connectivity index (χ2v) is 8.44. The van der Waals surface area contributed by atoms with Crippen molar-refractivity contribution in [3.05, 3.63) is 53.1 Å². The van der Waals surface area contributed by atoms with Crippen LogP contribution in [0.5, 0.6) is 5.75 Å². The molecule has 0 spiro atoms. The van der Waals surface area contributed by atoms with Gasteiger partial charge in [0.2, 0.25) is 5.91 Å². The van der Waals surface area contributed by atoms with Crippen LogP contribution in [0.3, 0.4) is 0 Å². The molecule has 0 aliphatic carbocycles. The van der Waals surface area contributed by atoms with Crippen molar-refractivity contribution < 1.29 is 14.3 Å². The second-order valence-electron chi connectivity index (χ2n) is 8.00. The predicted molar refractivity (Wildman–Crippen MR) is 118 cm³/mol. The lowest BCUT2D eigenvalue weighted by atomic mass is 9.95. The number of nitrogens with one attached hydrogen (secondary N) is 1. The summed E-state index contributed by atoms with van der Waals surface area (Å²) in [5.41, 5.74) is 2.58. The Bertz CT molecular complexity index is 956. The number of aryl methyl sites for hydroxylation is 1. The van der Waals surface area contributed by atoms with E-state index in [-0.39, 0.29) is 24.0 Å². The molecule has 2 aliphatic heterocycles. The van der Waals surface area contributed by atoms with Crippen LogP contribution >= 0.6 is 11.6 Å². The molecule has 30 heavy (non-hydrogen) atoms. The van der Waals surface area contributed by atoms with Crippen molar-refractivity contribution in [1.82, 2.24) is 4.90 Å². The number of hydrogen-bond acceptors (Lipinski definition) is 3. The maximum atomic E-state index is 13.2. The van der Waals surface area contributed by atoms with E-state index in [1.165, 1.54) is 0 Å². The number of carbonyl (C=O) groups is 2. The third-order valence-electron chi connectivity index (χ3n) is 5.75. The largest absolute Gasteiger partial charge is 0.487 e. The minimum absolute atomic E-state index is 0.0218. The van der Waals surface area contributed by atoms with Gasteiger partial charge >= 0.3 is 6.03 Å². The molecule has 2 heterocycles. The number of rotatable bonds is 2. The molecule has 0 aromatic heterocycles. The maximum absolute atomic E-state index is 13.2. The van der Waals surface area contributed by atoms with Gasteiger partial charge in [0.1, 0.15) is 11.9 Å². The minimum Gasteiger partial charge on any atom is -0.487 e. The zero-order valence-corrected chi connectivity index (χ0v) is 18.0. The summed E-state index contributed by atoms with van der Waals surface area (Å²) in [6, 6.07) is 13.0. The van der Waals surface area contributed by atoms with Crippen LogP contribution in [0.15, 0.2) is 42.5 Å². The number of piperidine rings is 1. The molecule has 2 aromatic rings. The molecule has 1 fully saturated rings. The fourth-order valence-corrected chi connectivity index (χ4v) is 4.21. The monoisotopic (exact) mass is 427 g/mol. The molecule has 0 bridgehead atoms. The SMILES string of the molecule is Cc1ccccc1NC(=O)C1CCN(C(=O)N2C[C@H](C)Oc3ccc(Cl)cc32)CC1. The average Bonchev–Trinajstić information content (AvgIpc) is 2.74. The Morgan fingerprint density at radius 1 is 1.13 bits per heavy atom. The summed E-state index contributed by atoms with van der Waals surface area (Å²) in [7, 11) is 0. The Morgan fingerprint density at radius 2 is 1.87 bits per heavy atom. The van der Waals surface area contributed by atoms with Crippen molar-refractivity contribution in [3.8, 4) is 5.75 Å². The Balaban J connectivity index is 1.40. The number of hydrogen-bond donors (Lipinski definition) is 1. The number of halogens is 1. The Morgan fingerprint density at radius 3 is 2.60 bits per heavy atom. The van der Waals surface area contributed by atoms with E-state index in [1.54, 1.807) is 23.1 Å². The van der Waals surface area contributed by atoms with Crippen molar-refractivity contribution in [2.75, 3.05) is 29.9 Å². The summed E-state index contributed by atoms with van der Waals surface area (Å²) in [5, 5.41) is 3.59. The van der Waals surface area contributed by atoms with E-state index in [4.69, 9.17) is 16.3 Å². The van der Waals surface area contributed by atoms with Gasteiger partial charge in [0.05, 0.1) is 12.2 Å². The standard InChI is InChI=1S/C23H26ClN3O3/c1-15-5-3-4-6-19(15)25-22(28)17-9-11-26(12-10-17)23(29)27-14-16(2)30-21-8-7-18(24)13-20(21)27/h3-8,13,16-17H,9-12,14H2,1-2H3,(H,25,28)/t16-/m0/s1. The molecule has 158 valence electrons. The van der Waals surface area contributed by atoms with Crippen LogP contribution < -0.4 is 15.0 Å². The van der Waals surface area contributed by atoms with Crippen LogP contribution in [0.1, 0.15) is 25.3 Å². The Kier molecular flexibility index (Phi) is 5.86. The molecule has 3 amide bonds. The summed E-state index contributed by atoms with van der Waals surface area (Å²) in [4.78, 5) is 29.5. The lowest BCUT2D eigenvalue weighted by molar-refractivity contribution is -0.121. The number of carbonyl (C=O) groups excluding carboxylic acids is 2. The molecule has 2 aliphatic rings. The highest BCUT2D eigenvalue weighted by Crippen LogP contribution is 2.36. The van der Waals surface area contributed by atoms with E-state index < -0.39 is 0 Å². The molecular formula is C23H26ClN3O3. The van der Waals surface area contributed by atoms with E-state index in [0.717, 1.165) is 11.3 Å². The van der Waals surface area contributed by atoms with Gasteiger partial charge in [0.25, 0.3) is 0 Å². The van der Waals surface area contributed by atoms with Crippen molar-refractivity contribution in [1.29, 1.82) is 0 Å². The van der Waals surface area contributed by atoms with Crippen molar-refractivity contribution in [2.45, 2.75) is 32.8 Å². The molecule has 1 atom stereocenters. The molecule has 1 N–H and O–H groups in total. The number of ether oxygens (including phenoxy) is 1. The van der Waals surface area contributed by atoms with Crippen LogP contribution in [0.4, 0.5) is 16.2 Å². The number of urea groups is 1. The number of fused-ring (bicyclic) bond motifs is 1. The van der Waals surface area contributed by atoms with Gasteiger partial charge in [0, 0.05) is 29.7 Å². The van der Waals surface area contributed by atoms with Gasteiger partial charge in [-0.3, -0.25) is 9.69 Å². The number of nitrogens with zero attached hydrogens (tertiary/aromatic N) is 2. The summed E-state index contributed by atoms with van der Waals surface area (Å²) < 4.78 is 5.85. The van der Waals surface area contributed by atoms with Gasteiger partial charge in [-0.1, -0.05) is 29.8 Å². The number of para-hydroxylation sites is 1. The minimum atomic E-state index is -0.0981. The van der Waals surface area contributed by atoms with E-state index in [2.05, 4.69) is 5.32 Å². The first-order valence-electron chi connectivity index (χ1n) is 10.3. The molecule has 0 radical (unpaired) electrons. The van der Waals surface area contributed by atoms with Gasteiger partial charge in [-0.05, 0) is 56.5 Å². The molecule has 0 saturated carbocycles. The van der Waals surface area contributed by atoms with Crippen LogP contribution in [0, 0.1) is 12.8 Å². The zero-order valence-electron chi connectivity index (χ0n) is 17.2. The van der Waals surface area contributed by atoms with Gasteiger partial charge < -0.3 is 15.0 Å². The highest BCUT2D eigenvalue weighted by atomic mass is 35.5. The summed E-state index contributed by atoms with van der Waals surface area (Å²) in [5.74, 6) is 0.589. The normalized spacial score (nSPS) is 19.1.